The number of hydrogen-bond acceptors (Lipinski definition) is 4. The van der Waals surface area contributed by atoms with Gasteiger partial charge in [-0.15, -0.1) is 11.3 Å². The van der Waals surface area contributed by atoms with Crippen LogP contribution in [0.15, 0.2) is 28.2 Å². The quantitative estimate of drug-likeness (QED) is 0.905. The van der Waals surface area contributed by atoms with E-state index in [2.05, 4.69) is 26.2 Å². The molecule has 5 heteroatoms. The Morgan fingerprint density at radius 3 is 2.94 bits per heavy atom. The smallest absolute Gasteiger partial charge is 0.121 e. The fraction of sp³-hybridized carbons (Fsp3) is 0.308. The highest BCUT2D eigenvalue weighted by molar-refractivity contribution is 9.10. The third kappa shape index (κ3) is 3.23. The second-order valence-electron chi connectivity index (χ2n) is 3.88. The second-order valence-corrected chi connectivity index (χ2v) is 5.68. The van der Waals surface area contributed by atoms with Crippen molar-refractivity contribution in [1.82, 2.24) is 4.98 Å². The molecule has 96 valence electrons. The predicted molar refractivity (Wildman–Crippen MR) is 79.7 cm³/mol. The highest BCUT2D eigenvalue weighted by atomic mass is 79.9. The summed E-state index contributed by atoms with van der Waals surface area (Å²) in [4.78, 5) is 5.58. The van der Waals surface area contributed by atoms with E-state index >= 15 is 0 Å². The standard InChI is InChI=1S/C13H15BrN2OS/c1-9-13(18-8-16-9)5-6-15-12-7-10(17-2)3-4-11(12)14/h3-4,7-8,15H,5-6H2,1-2H3. The number of benzene rings is 1. The van der Waals surface area contributed by atoms with Crippen LogP contribution < -0.4 is 10.1 Å². The van der Waals surface area contributed by atoms with Gasteiger partial charge >= 0.3 is 0 Å². The maximum absolute atomic E-state index is 5.21. The summed E-state index contributed by atoms with van der Waals surface area (Å²) in [5.74, 6) is 0.856. The molecule has 18 heavy (non-hydrogen) atoms. The lowest BCUT2D eigenvalue weighted by Crippen LogP contribution is -2.05. The normalized spacial score (nSPS) is 10.4. The number of aryl methyl sites for hydroxylation is 1. The van der Waals surface area contributed by atoms with E-state index in [9.17, 15) is 0 Å². The lowest BCUT2D eigenvalue weighted by molar-refractivity contribution is 0.415. The van der Waals surface area contributed by atoms with Gasteiger partial charge in [0.1, 0.15) is 5.75 Å². The van der Waals surface area contributed by atoms with E-state index in [1.807, 2.05) is 30.6 Å². The molecule has 0 aliphatic rings. The molecule has 3 nitrogen and oxygen atoms in total. The number of methoxy groups -OCH3 is 1. The highest BCUT2D eigenvalue weighted by Crippen LogP contribution is 2.27. The number of thiazole rings is 1. The maximum atomic E-state index is 5.21. The summed E-state index contributed by atoms with van der Waals surface area (Å²) in [5.41, 5.74) is 4.08. The lowest BCUT2D eigenvalue weighted by Gasteiger charge is -2.10. The van der Waals surface area contributed by atoms with Gasteiger partial charge in [0.25, 0.3) is 0 Å². The number of ether oxygens (including phenoxy) is 1. The summed E-state index contributed by atoms with van der Waals surface area (Å²) in [5, 5.41) is 3.41. The number of aromatic nitrogens is 1. The average Bonchev–Trinajstić information content (AvgIpc) is 2.77. The van der Waals surface area contributed by atoms with E-state index < -0.39 is 0 Å². The van der Waals surface area contributed by atoms with Gasteiger partial charge in [-0.2, -0.15) is 0 Å². The van der Waals surface area contributed by atoms with Gasteiger partial charge in [0.05, 0.1) is 24.0 Å². The molecule has 0 spiro atoms. The van der Waals surface area contributed by atoms with Crippen LogP contribution in [0.25, 0.3) is 0 Å². The molecule has 0 fully saturated rings. The third-order valence-corrected chi connectivity index (χ3v) is 4.37. The van der Waals surface area contributed by atoms with E-state index in [0.29, 0.717) is 0 Å². The Bertz CT molecular complexity index is 527. The molecule has 0 amide bonds. The zero-order valence-corrected chi connectivity index (χ0v) is 12.8. The summed E-state index contributed by atoms with van der Waals surface area (Å²) in [6, 6.07) is 5.91. The fourth-order valence-electron chi connectivity index (χ4n) is 1.64. The Morgan fingerprint density at radius 1 is 1.44 bits per heavy atom. The molecule has 0 atom stereocenters. The maximum Gasteiger partial charge on any atom is 0.121 e. The molecule has 0 saturated carbocycles. The SMILES string of the molecule is COc1ccc(Br)c(NCCc2scnc2C)c1. The van der Waals surface area contributed by atoms with Crippen molar-refractivity contribution < 1.29 is 4.74 Å². The summed E-state index contributed by atoms with van der Waals surface area (Å²) >= 11 is 5.23. The lowest BCUT2D eigenvalue weighted by atomic mass is 10.2. The zero-order chi connectivity index (χ0) is 13.0. The molecule has 0 aliphatic carbocycles. The zero-order valence-electron chi connectivity index (χ0n) is 10.4. The van der Waals surface area contributed by atoms with Gasteiger partial charge in [-0.1, -0.05) is 0 Å². The first-order chi connectivity index (χ1) is 8.70. The molecule has 1 heterocycles. The molecule has 0 unspecified atom stereocenters. The fourth-order valence-corrected chi connectivity index (χ4v) is 2.81. The largest absolute Gasteiger partial charge is 0.497 e. The Balaban J connectivity index is 1.96. The minimum absolute atomic E-state index is 0.856. The summed E-state index contributed by atoms with van der Waals surface area (Å²) in [6.07, 6.45) is 0.986. The molecule has 2 aromatic rings. The third-order valence-electron chi connectivity index (χ3n) is 2.69. The number of hydrogen-bond donors (Lipinski definition) is 1. The minimum Gasteiger partial charge on any atom is -0.497 e. The number of nitrogens with one attached hydrogen (secondary N) is 1. The van der Waals surface area contributed by atoms with Gasteiger partial charge in [0.15, 0.2) is 0 Å². The van der Waals surface area contributed by atoms with Crippen molar-refractivity contribution in [1.29, 1.82) is 0 Å². The predicted octanol–water partition coefficient (Wildman–Crippen LogP) is 3.88. The Labute approximate surface area is 119 Å². The molecule has 2 rings (SSSR count). The Hall–Kier alpha value is -1.07. The summed E-state index contributed by atoms with van der Waals surface area (Å²) in [6.45, 7) is 2.93. The summed E-state index contributed by atoms with van der Waals surface area (Å²) < 4.78 is 6.26. The average molecular weight is 327 g/mol. The van der Waals surface area contributed by atoms with E-state index in [-0.39, 0.29) is 0 Å². The van der Waals surface area contributed by atoms with Crippen LogP contribution in [-0.2, 0) is 6.42 Å². The van der Waals surface area contributed by atoms with Crippen LogP contribution in [0.1, 0.15) is 10.6 Å². The number of anilines is 1. The van der Waals surface area contributed by atoms with Crippen molar-refractivity contribution in [2.24, 2.45) is 0 Å². The van der Waals surface area contributed by atoms with Gasteiger partial charge < -0.3 is 10.1 Å². The van der Waals surface area contributed by atoms with Gasteiger partial charge in [0.2, 0.25) is 0 Å². The molecular weight excluding hydrogens is 312 g/mol. The van der Waals surface area contributed by atoms with E-state index in [1.54, 1.807) is 18.4 Å². The number of rotatable bonds is 5. The molecule has 1 aromatic heterocycles. The van der Waals surface area contributed by atoms with E-state index in [1.165, 1.54) is 4.88 Å². The van der Waals surface area contributed by atoms with Gasteiger partial charge in [-0.25, -0.2) is 4.98 Å². The first-order valence-corrected chi connectivity index (χ1v) is 7.34. The molecular formula is C13H15BrN2OS. The van der Waals surface area contributed by atoms with Crippen molar-refractivity contribution in [3.63, 3.8) is 0 Å². The van der Waals surface area contributed by atoms with Crippen LogP contribution in [0.3, 0.4) is 0 Å². The molecule has 0 bridgehead atoms. The van der Waals surface area contributed by atoms with Gasteiger partial charge in [-0.05, 0) is 35.0 Å². The van der Waals surface area contributed by atoms with Crippen molar-refractivity contribution in [3.05, 3.63) is 38.8 Å². The van der Waals surface area contributed by atoms with Crippen LogP contribution >= 0.6 is 27.3 Å². The van der Waals surface area contributed by atoms with Crippen LogP contribution in [-0.4, -0.2) is 18.6 Å². The van der Waals surface area contributed by atoms with Crippen LogP contribution in [0.4, 0.5) is 5.69 Å². The topological polar surface area (TPSA) is 34.1 Å². The van der Waals surface area contributed by atoms with Crippen molar-refractivity contribution in [2.45, 2.75) is 13.3 Å². The monoisotopic (exact) mass is 326 g/mol. The minimum atomic E-state index is 0.856. The van der Waals surface area contributed by atoms with Crippen molar-refractivity contribution in [3.8, 4) is 5.75 Å². The summed E-state index contributed by atoms with van der Waals surface area (Å²) in [7, 11) is 1.67. The van der Waals surface area contributed by atoms with Gasteiger partial charge in [-0.3, -0.25) is 0 Å². The molecule has 0 saturated heterocycles. The molecule has 1 aromatic carbocycles. The van der Waals surface area contributed by atoms with Crippen molar-refractivity contribution in [2.75, 3.05) is 19.0 Å². The van der Waals surface area contributed by atoms with E-state index in [4.69, 9.17) is 4.74 Å². The Morgan fingerprint density at radius 2 is 2.28 bits per heavy atom. The van der Waals surface area contributed by atoms with E-state index in [0.717, 1.165) is 34.6 Å². The highest BCUT2D eigenvalue weighted by Gasteiger charge is 2.04. The molecule has 0 radical (unpaired) electrons. The number of nitrogens with zero attached hydrogens (tertiary/aromatic N) is 1. The van der Waals surface area contributed by atoms with Gasteiger partial charge in [0, 0.05) is 28.4 Å². The number of halogens is 1. The van der Waals surface area contributed by atoms with Crippen molar-refractivity contribution >= 4 is 33.0 Å². The van der Waals surface area contributed by atoms with Crippen LogP contribution in [0, 0.1) is 6.92 Å². The van der Waals surface area contributed by atoms with Crippen LogP contribution in [0.2, 0.25) is 0 Å². The first-order valence-electron chi connectivity index (χ1n) is 5.67. The van der Waals surface area contributed by atoms with Crippen LogP contribution in [0.5, 0.6) is 5.75 Å². The molecule has 1 N–H and O–H groups in total. The second kappa shape index (κ2) is 6.20. The molecule has 0 aliphatic heterocycles. The Kier molecular flexibility index (Phi) is 4.60. The first kappa shape index (κ1) is 13.4.